The second-order valence-electron chi connectivity index (χ2n) is 6.99. The summed E-state index contributed by atoms with van der Waals surface area (Å²) in [7, 11) is 0. The molecule has 7 heteroatoms. The van der Waals surface area contributed by atoms with Crippen molar-refractivity contribution in [1.82, 2.24) is 14.8 Å². The summed E-state index contributed by atoms with van der Waals surface area (Å²) in [5.41, 5.74) is 3.54. The van der Waals surface area contributed by atoms with Crippen LogP contribution in [-0.2, 0) is 22.7 Å². The van der Waals surface area contributed by atoms with Crippen molar-refractivity contribution in [3.05, 3.63) is 77.1 Å². The molecule has 1 fully saturated rings. The van der Waals surface area contributed by atoms with Crippen molar-refractivity contribution >= 4 is 34.9 Å². The molecule has 2 aromatic carbocycles. The predicted molar refractivity (Wildman–Crippen MR) is 108 cm³/mol. The molecule has 1 aliphatic heterocycles. The number of carboxylic acids is 1. The minimum absolute atomic E-state index is 0.167. The maximum atomic E-state index is 12.8. The molecule has 29 heavy (non-hydrogen) atoms. The Kier molecular flexibility index (Phi) is 4.64. The second-order valence-corrected chi connectivity index (χ2v) is 6.99. The number of benzene rings is 2. The lowest BCUT2D eigenvalue weighted by Gasteiger charge is -2.11. The van der Waals surface area contributed by atoms with E-state index in [1.54, 1.807) is 16.8 Å². The average Bonchev–Trinajstić information content (AvgIpc) is 3.16. The minimum Gasteiger partial charge on any atom is -0.480 e. The molecule has 2 N–H and O–H groups in total. The van der Waals surface area contributed by atoms with Crippen LogP contribution in [0.1, 0.15) is 16.7 Å². The summed E-state index contributed by atoms with van der Waals surface area (Å²) in [6, 6.07) is 14.5. The monoisotopic (exact) mass is 389 g/mol. The van der Waals surface area contributed by atoms with Crippen molar-refractivity contribution in [2.24, 2.45) is 0 Å². The Morgan fingerprint density at radius 1 is 1.10 bits per heavy atom. The van der Waals surface area contributed by atoms with Gasteiger partial charge in [0.05, 0.1) is 6.54 Å². The van der Waals surface area contributed by atoms with Crippen LogP contribution in [0.5, 0.6) is 0 Å². The van der Waals surface area contributed by atoms with Gasteiger partial charge in [-0.05, 0) is 24.6 Å². The number of fused-ring (bicyclic) bond motifs is 1. The molecule has 0 saturated carbocycles. The smallest absolute Gasteiger partial charge is 0.329 e. The Hall–Kier alpha value is -3.87. The van der Waals surface area contributed by atoms with Crippen LogP contribution in [0.15, 0.2) is 60.4 Å². The van der Waals surface area contributed by atoms with Crippen LogP contribution in [0.25, 0.3) is 17.0 Å². The molecule has 4 rings (SSSR count). The zero-order valence-electron chi connectivity index (χ0n) is 15.8. The van der Waals surface area contributed by atoms with Crippen LogP contribution >= 0.6 is 0 Å². The fourth-order valence-corrected chi connectivity index (χ4v) is 3.41. The molecule has 0 aliphatic carbocycles. The Balaban J connectivity index is 1.65. The van der Waals surface area contributed by atoms with Gasteiger partial charge >= 0.3 is 12.0 Å². The highest BCUT2D eigenvalue weighted by atomic mass is 16.4. The highest BCUT2D eigenvalue weighted by Gasteiger charge is 2.33. The van der Waals surface area contributed by atoms with Crippen LogP contribution in [0, 0.1) is 6.92 Å². The van der Waals surface area contributed by atoms with E-state index in [2.05, 4.69) is 5.32 Å². The minimum atomic E-state index is -0.959. The number of nitrogens with zero attached hydrogens (tertiary/aromatic N) is 2. The third-order valence-corrected chi connectivity index (χ3v) is 4.85. The Morgan fingerprint density at radius 3 is 2.55 bits per heavy atom. The van der Waals surface area contributed by atoms with Crippen LogP contribution in [0.2, 0.25) is 0 Å². The third-order valence-electron chi connectivity index (χ3n) is 4.85. The summed E-state index contributed by atoms with van der Waals surface area (Å²) in [5, 5.41) is 12.6. The number of rotatable bonds is 5. The molecule has 0 atom stereocenters. The molecule has 0 spiro atoms. The second kappa shape index (κ2) is 7.27. The first-order chi connectivity index (χ1) is 13.9. The zero-order valence-corrected chi connectivity index (χ0v) is 15.8. The van der Waals surface area contributed by atoms with E-state index >= 15 is 0 Å². The number of urea groups is 1. The number of para-hydroxylation sites is 1. The lowest BCUT2D eigenvalue weighted by Crippen LogP contribution is -2.30. The summed E-state index contributed by atoms with van der Waals surface area (Å²) < 4.78 is 1.61. The molecule has 2 heterocycles. The summed E-state index contributed by atoms with van der Waals surface area (Å²) in [4.78, 5) is 37.4. The summed E-state index contributed by atoms with van der Waals surface area (Å²) >= 11 is 0. The predicted octanol–water partition coefficient (Wildman–Crippen LogP) is 3.13. The SMILES string of the molecule is Cc1ccc(CN2C(=O)N/C(=C/c3cn(CC(=O)O)c4ccccc34)C2=O)cc1. The Bertz CT molecular complexity index is 1160. The normalized spacial score (nSPS) is 15.3. The molecule has 7 nitrogen and oxygen atoms in total. The van der Waals surface area contributed by atoms with Crippen LogP contribution < -0.4 is 5.32 Å². The number of hydrogen-bond acceptors (Lipinski definition) is 3. The highest BCUT2D eigenvalue weighted by Crippen LogP contribution is 2.25. The molecule has 1 aromatic heterocycles. The van der Waals surface area contributed by atoms with E-state index in [1.807, 2.05) is 55.5 Å². The Labute approximate surface area is 166 Å². The van der Waals surface area contributed by atoms with E-state index in [0.29, 0.717) is 5.56 Å². The van der Waals surface area contributed by atoms with Gasteiger partial charge in [-0.25, -0.2) is 4.79 Å². The number of hydrogen-bond donors (Lipinski definition) is 2. The van der Waals surface area contributed by atoms with Gasteiger partial charge in [0, 0.05) is 22.7 Å². The molecule has 1 saturated heterocycles. The lowest BCUT2D eigenvalue weighted by atomic mass is 10.1. The third kappa shape index (κ3) is 3.62. The highest BCUT2D eigenvalue weighted by molar-refractivity contribution is 6.14. The topological polar surface area (TPSA) is 91.6 Å². The maximum Gasteiger partial charge on any atom is 0.329 e. The van der Waals surface area contributed by atoms with Crippen LogP contribution in [-0.4, -0.2) is 32.5 Å². The van der Waals surface area contributed by atoms with Gasteiger partial charge in [0.15, 0.2) is 0 Å². The van der Waals surface area contributed by atoms with E-state index < -0.39 is 17.9 Å². The molecular weight excluding hydrogens is 370 g/mol. The molecular formula is C22H19N3O4. The number of aryl methyl sites for hydroxylation is 1. The number of carbonyl (C=O) groups excluding carboxylic acids is 2. The standard InChI is InChI=1S/C22H19N3O4/c1-14-6-8-15(9-7-14)11-25-21(28)18(23-22(25)29)10-16-12-24(13-20(26)27)19-5-3-2-4-17(16)19/h2-10,12H,11,13H2,1H3,(H,23,29)(H,26,27)/b18-10+. The summed E-state index contributed by atoms with van der Waals surface area (Å²) in [6.07, 6.45) is 3.27. The number of aliphatic carboxylic acids is 1. The van der Waals surface area contributed by atoms with Gasteiger partial charge in [-0.3, -0.25) is 14.5 Å². The molecule has 1 aliphatic rings. The van der Waals surface area contributed by atoms with Crippen LogP contribution in [0.4, 0.5) is 4.79 Å². The van der Waals surface area contributed by atoms with E-state index in [9.17, 15) is 14.4 Å². The van der Waals surface area contributed by atoms with E-state index in [1.165, 1.54) is 0 Å². The fraction of sp³-hybridized carbons (Fsp3) is 0.136. The molecule has 146 valence electrons. The van der Waals surface area contributed by atoms with E-state index in [-0.39, 0.29) is 18.8 Å². The van der Waals surface area contributed by atoms with Gasteiger partial charge < -0.3 is 15.0 Å². The summed E-state index contributed by atoms with van der Waals surface area (Å²) in [5.74, 6) is -1.37. The van der Waals surface area contributed by atoms with Crippen molar-refractivity contribution in [2.45, 2.75) is 20.0 Å². The molecule has 3 amide bonds. The van der Waals surface area contributed by atoms with Crippen molar-refractivity contribution in [1.29, 1.82) is 0 Å². The van der Waals surface area contributed by atoms with Gasteiger partial charge in [-0.2, -0.15) is 0 Å². The average molecular weight is 389 g/mol. The molecule has 0 unspecified atom stereocenters. The largest absolute Gasteiger partial charge is 0.480 e. The van der Waals surface area contributed by atoms with Crippen molar-refractivity contribution < 1.29 is 19.5 Å². The van der Waals surface area contributed by atoms with Gasteiger partial charge in [-0.1, -0.05) is 48.0 Å². The molecule has 0 radical (unpaired) electrons. The zero-order chi connectivity index (χ0) is 20.5. The number of carbonyl (C=O) groups is 3. The van der Waals surface area contributed by atoms with Gasteiger partial charge in [0.2, 0.25) is 0 Å². The van der Waals surface area contributed by atoms with E-state index in [0.717, 1.165) is 26.9 Å². The fourth-order valence-electron chi connectivity index (χ4n) is 3.41. The number of aromatic nitrogens is 1. The van der Waals surface area contributed by atoms with Crippen LogP contribution in [0.3, 0.4) is 0 Å². The van der Waals surface area contributed by atoms with Gasteiger partial charge in [0.25, 0.3) is 5.91 Å². The molecule has 0 bridgehead atoms. The first kappa shape index (κ1) is 18.5. The first-order valence-corrected chi connectivity index (χ1v) is 9.12. The first-order valence-electron chi connectivity index (χ1n) is 9.12. The Morgan fingerprint density at radius 2 is 1.83 bits per heavy atom. The van der Waals surface area contributed by atoms with Crippen molar-refractivity contribution in [2.75, 3.05) is 0 Å². The maximum absolute atomic E-state index is 12.8. The molecule has 3 aromatic rings. The van der Waals surface area contributed by atoms with Gasteiger partial charge in [-0.15, -0.1) is 0 Å². The quantitative estimate of drug-likeness (QED) is 0.518. The van der Waals surface area contributed by atoms with E-state index in [4.69, 9.17) is 5.11 Å². The lowest BCUT2D eigenvalue weighted by molar-refractivity contribution is -0.137. The number of nitrogens with one attached hydrogen (secondary N) is 1. The number of carboxylic acid groups (broad SMARTS) is 1. The number of amides is 3. The van der Waals surface area contributed by atoms with Crippen molar-refractivity contribution in [3.63, 3.8) is 0 Å². The number of imide groups is 1. The van der Waals surface area contributed by atoms with Gasteiger partial charge in [0.1, 0.15) is 12.2 Å². The summed E-state index contributed by atoms with van der Waals surface area (Å²) in [6.45, 7) is 1.96. The van der Waals surface area contributed by atoms with Crippen molar-refractivity contribution in [3.8, 4) is 0 Å².